The van der Waals surface area contributed by atoms with Crippen molar-refractivity contribution in [3.8, 4) is 22.6 Å². The third-order valence-electron chi connectivity index (χ3n) is 9.91. The number of aryl methyl sites for hydroxylation is 1. The average Bonchev–Trinajstić information content (AvgIpc) is 3.36. The molecule has 0 radical (unpaired) electrons. The van der Waals surface area contributed by atoms with Crippen LogP contribution in [-0.4, -0.2) is 95.9 Å². The van der Waals surface area contributed by atoms with Gasteiger partial charge < -0.3 is 18.9 Å². The summed E-state index contributed by atoms with van der Waals surface area (Å²) in [7, 11) is 6.50. The Morgan fingerprint density at radius 3 is 2.35 bits per heavy atom. The lowest BCUT2D eigenvalue weighted by atomic mass is 9.95. The van der Waals surface area contributed by atoms with Gasteiger partial charge in [-0.3, -0.25) is 48.9 Å². The molecule has 1 unspecified atom stereocenters. The predicted molar refractivity (Wildman–Crippen MR) is 192 cm³/mol. The summed E-state index contributed by atoms with van der Waals surface area (Å²) in [6, 6.07) is 7.61. The number of pyridine rings is 1. The van der Waals surface area contributed by atoms with Gasteiger partial charge in [0.05, 0.1) is 42.0 Å². The second-order valence-electron chi connectivity index (χ2n) is 13.1. The molecule has 1 N–H and O–H groups in total. The van der Waals surface area contributed by atoms with E-state index in [1.165, 1.54) is 16.8 Å². The van der Waals surface area contributed by atoms with E-state index in [-0.39, 0.29) is 47.9 Å². The maximum absolute atomic E-state index is 13.6. The molecule has 6 rings (SSSR count). The highest BCUT2D eigenvalue weighted by molar-refractivity contribution is 6.24. The molecule has 4 heterocycles. The monoisotopic (exact) mass is 708 g/mol. The third kappa shape index (κ3) is 6.30. The Morgan fingerprint density at radius 1 is 1.04 bits per heavy atom. The lowest BCUT2D eigenvalue weighted by Gasteiger charge is -2.40. The van der Waals surface area contributed by atoms with Crippen LogP contribution >= 0.6 is 0 Å². The van der Waals surface area contributed by atoms with E-state index in [0.717, 1.165) is 21.6 Å². The molecule has 3 aromatic rings. The number of piperidine rings is 1. The molecule has 14 heteroatoms. The van der Waals surface area contributed by atoms with E-state index in [1.807, 2.05) is 25.1 Å². The van der Waals surface area contributed by atoms with Gasteiger partial charge in [-0.1, -0.05) is 18.2 Å². The number of methoxy groups -OCH3 is 2. The van der Waals surface area contributed by atoms with Crippen molar-refractivity contribution in [2.75, 3.05) is 34.4 Å². The SMILES string of the molecule is C=N/C=c1/c(=O)n(C)cc(-c2cc(OC)c(CN3CC(C(=O)N(C)Cc4cccc5c4C(=O)N(C4CCC(=O)NC4=O)C5=O)C3)c(OC)c2)/c1=C/C. The maximum atomic E-state index is 13.6. The number of imide groups is 2. The highest BCUT2D eigenvalue weighted by Crippen LogP contribution is 2.37. The summed E-state index contributed by atoms with van der Waals surface area (Å²) in [5, 5.41) is 3.34. The number of nitrogens with zero attached hydrogens (tertiary/aromatic N) is 5. The van der Waals surface area contributed by atoms with Crippen LogP contribution in [0, 0.1) is 5.92 Å². The summed E-state index contributed by atoms with van der Waals surface area (Å²) in [4.78, 5) is 85.7. The van der Waals surface area contributed by atoms with Gasteiger partial charge in [0.15, 0.2) is 0 Å². The molecule has 5 amide bonds. The van der Waals surface area contributed by atoms with E-state index in [9.17, 15) is 28.8 Å². The van der Waals surface area contributed by atoms with Gasteiger partial charge in [0, 0.05) is 64.7 Å². The molecule has 0 aliphatic carbocycles. The molecule has 1 atom stereocenters. The van der Waals surface area contributed by atoms with Crippen LogP contribution in [0.5, 0.6) is 11.5 Å². The normalized spacial score (nSPS) is 18.3. The fourth-order valence-corrected chi connectivity index (χ4v) is 7.27. The Morgan fingerprint density at radius 2 is 1.73 bits per heavy atom. The molecular formula is C38H40N6O8. The maximum Gasteiger partial charge on any atom is 0.262 e. The minimum absolute atomic E-state index is 0.0287. The van der Waals surface area contributed by atoms with Crippen molar-refractivity contribution in [3.63, 3.8) is 0 Å². The first-order valence-corrected chi connectivity index (χ1v) is 16.8. The van der Waals surface area contributed by atoms with Gasteiger partial charge in [0.25, 0.3) is 17.4 Å². The predicted octanol–water partition coefficient (Wildman–Crippen LogP) is 0.800. The highest BCUT2D eigenvalue weighted by Gasteiger charge is 2.46. The van der Waals surface area contributed by atoms with Crippen LogP contribution in [0.2, 0.25) is 0 Å². The molecule has 1 aromatic heterocycles. The topological polar surface area (TPSA) is 160 Å². The smallest absolute Gasteiger partial charge is 0.262 e. The average molecular weight is 709 g/mol. The minimum atomic E-state index is -1.07. The fraction of sp³-hybridized carbons (Fsp3) is 0.342. The van der Waals surface area contributed by atoms with Crippen LogP contribution in [0.15, 0.2) is 46.3 Å². The lowest BCUT2D eigenvalue weighted by Crippen LogP contribution is -2.54. The number of amides is 5. The molecular weight excluding hydrogens is 668 g/mol. The molecule has 2 saturated heterocycles. The summed E-state index contributed by atoms with van der Waals surface area (Å²) in [5.74, 6) is -1.54. The summed E-state index contributed by atoms with van der Waals surface area (Å²) in [6.07, 6.45) is 5.16. The van der Waals surface area contributed by atoms with Crippen molar-refractivity contribution in [2.45, 2.75) is 38.9 Å². The Balaban J connectivity index is 1.16. The number of fused-ring (bicyclic) bond motifs is 1. The van der Waals surface area contributed by atoms with Crippen molar-refractivity contribution < 1.29 is 33.4 Å². The van der Waals surface area contributed by atoms with E-state index in [1.54, 1.807) is 51.5 Å². The standard InChI is InChI=1S/C38H40N6O8/c1-7-24-26(15-39-2)36(48)42(4)19-27(24)22-13-30(51-5)28(31(14-22)52-6)20-43-17-23(18-43)35(47)41(3)16-21-9-8-10-25-33(21)38(50)44(37(25)49)29-11-12-32(45)40-34(29)46/h7-10,13-15,19,23,29H,2,11-12,16-18,20H2,1,3-6H3,(H,40,45,46)/b24-7+,26-15+. The van der Waals surface area contributed by atoms with Crippen LogP contribution in [0.4, 0.5) is 0 Å². The van der Waals surface area contributed by atoms with Gasteiger partial charge >= 0.3 is 0 Å². The number of rotatable bonds is 10. The molecule has 270 valence electrons. The first-order chi connectivity index (χ1) is 24.9. The second kappa shape index (κ2) is 14.4. The summed E-state index contributed by atoms with van der Waals surface area (Å²) >= 11 is 0. The van der Waals surface area contributed by atoms with Crippen molar-refractivity contribution >= 4 is 48.5 Å². The summed E-state index contributed by atoms with van der Waals surface area (Å²) < 4.78 is 13.1. The zero-order valence-electron chi connectivity index (χ0n) is 29.7. The van der Waals surface area contributed by atoms with Gasteiger partial charge in [-0.2, -0.15) is 0 Å². The molecule has 52 heavy (non-hydrogen) atoms. The van der Waals surface area contributed by atoms with Crippen LogP contribution in [-0.2, 0) is 34.5 Å². The molecule has 14 nitrogen and oxygen atoms in total. The van der Waals surface area contributed by atoms with E-state index in [4.69, 9.17) is 9.47 Å². The van der Waals surface area contributed by atoms with Crippen molar-refractivity contribution in [2.24, 2.45) is 18.0 Å². The summed E-state index contributed by atoms with van der Waals surface area (Å²) in [5.41, 5.74) is 3.03. The number of carbonyl (C=O) groups excluding carboxylic acids is 5. The number of hydrogen-bond donors (Lipinski definition) is 1. The van der Waals surface area contributed by atoms with Gasteiger partial charge in [-0.25, -0.2) is 0 Å². The Labute approximate surface area is 299 Å². The highest BCUT2D eigenvalue weighted by atomic mass is 16.5. The van der Waals surface area contributed by atoms with Crippen molar-refractivity contribution in [3.05, 3.63) is 79.6 Å². The van der Waals surface area contributed by atoms with Crippen molar-refractivity contribution in [1.29, 1.82) is 0 Å². The Hall–Kier alpha value is -5.89. The first kappa shape index (κ1) is 35.9. The van der Waals surface area contributed by atoms with Gasteiger partial charge in [0.2, 0.25) is 17.7 Å². The molecule has 0 saturated carbocycles. The first-order valence-electron chi connectivity index (χ1n) is 16.8. The molecule has 0 spiro atoms. The number of nitrogens with one attached hydrogen (secondary N) is 1. The number of benzene rings is 2. The number of ether oxygens (including phenoxy) is 2. The van der Waals surface area contributed by atoms with Crippen LogP contribution in [0.3, 0.4) is 0 Å². The molecule has 3 aliphatic heterocycles. The lowest BCUT2D eigenvalue weighted by molar-refractivity contribution is -0.140. The number of aromatic nitrogens is 1. The number of carbonyl (C=O) groups is 5. The van der Waals surface area contributed by atoms with Crippen LogP contribution in [0.25, 0.3) is 23.4 Å². The second-order valence-corrected chi connectivity index (χ2v) is 13.1. The summed E-state index contributed by atoms with van der Waals surface area (Å²) in [6.45, 7) is 6.88. The van der Waals surface area contributed by atoms with Gasteiger partial charge in [-0.15, -0.1) is 0 Å². The van der Waals surface area contributed by atoms with Gasteiger partial charge in [-0.05, 0) is 54.6 Å². The number of aliphatic imine (C=N–C) groups is 1. The number of likely N-dealkylation sites (tertiary alicyclic amines) is 1. The van der Waals surface area contributed by atoms with E-state index < -0.39 is 29.7 Å². The minimum Gasteiger partial charge on any atom is -0.496 e. The third-order valence-corrected chi connectivity index (χ3v) is 9.91. The molecule has 2 fully saturated rings. The largest absolute Gasteiger partial charge is 0.496 e. The fourth-order valence-electron chi connectivity index (χ4n) is 7.27. The molecule has 2 aromatic carbocycles. The van der Waals surface area contributed by atoms with Crippen molar-refractivity contribution in [1.82, 2.24) is 24.6 Å². The van der Waals surface area contributed by atoms with E-state index in [0.29, 0.717) is 47.1 Å². The van der Waals surface area contributed by atoms with E-state index in [2.05, 4.69) is 21.9 Å². The van der Waals surface area contributed by atoms with Crippen LogP contribution < -0.4 is 30.8 Å². The van der Waals surface area contributed by atoms with Gasteiger partial charge in [0.1, 0.15) is 17.5 Å². The Kier molecular flexibility index (Phi) is 9.94. The molecule has 0 bridgehead atoms. The Bertz CT molecular complexity index is 2200. The van der Waals surface area contributed by atoms with E-state index >= 15 is 0 Å². The molecule has 3 aliphatic rings. The zero-order chi connectivity index (χ0) is 37.4. The number of hydrogen-bond acceptors (Lipinski definition) is 10. The zero-order valence-corrected chi connectivity index (χ0v) is 29.7. The quantitative estimate of drug-likeness (QED) is 0.238. The van der Waals surface area contributed by atoms with Crippen LogP contribution in [0.1, 0.15) is 51.6 Å².